The summed E-state index contributed by atoms with van der Waals surface area (Å²) in [4.78, 5) is 19.1. The Hall–Kier alpha value is -2.21. The minimum absolute atomic E-state index is 0.0628. The minimum Gasteiger partial charge on any atom is -0.352 e. The lowest BCUT2D eigenvalue weighted by Gasteiger charge is -2.09. The smallest absolute Gasteiger partial charge is 0.256 e. The monoisotopic (exact) mass is 350 g/mol. The topological polar surface area (TPSA) is 81.6 Å². The first-order valence-electron chi connectivity index (χ1n) is 7.86. The van der Waals surface area contributed by atoms with Crippen LogP contribution in [-0.4, -0.2) is 16.2 Å². The number of aromatic amines is 1. The van der Waals surface area contributed by atoms with Crippen molar-refractivity contribution < 1.29 is 4.39 Å². The van der Waals surface area contributed by atoms with Gasteiger partial charge >= 0.3 is 0 Å². The van der Waals surface area contributed by atoms with Crippen molar-refractivity contribution in [2.45, 2.75) is 39.2 Å². The van der Waals surface area contributed by atoms with Crippen molar-refractivity contribution in [2.75, 3.05) is 5.32 Å². The third-order valence-corrected chi connectivity index (χ3v) is 3.97. The highest BCUT2D eigenvalue weighted by Crippen LogP contribution is 2.16. The van der Waals surface area contributed by atoms with Crippen LogP contribution in [0.15, 0.2) is 23.0 Å². The molecule has 0 aliphatic carbocycles. The number of benzene rings is 1. The Morgan fingerprint density at radius 3 is 2.88 bits per heavy atom. The van der Waals surface area contributed by atoms with Crippen LogP contribution in [0.5, 0.6) is 0 Å². The Bertz CT molecular complexity index is 776. The molecule has 3 N–H and O–H groups in total. The van der Waals surface area contributed by atoms with E-state index in [1.807, 2.05) is 0 Å². The molecular weight excluding hydrogens is 331 g/mol. The molecule has 5 nitrogen and oxygen atoms in total. The summed E-state index contributed by atoms with van der Waals surface area (Å²) in [6, 6.07) is 4.49. The number of unbranched alkanes of at least 4 members (excludes halogenated alkanes) is 2. The molecule has 128 valence electrons. The van der Waals surface area contributed by atoms with E-state index in [2.05, 4.69) is 22.2 Å². The number of anilines is 1. The second-order valence-corrected chi connectivity index (χ2v) is 5.89. The Morgan fingerprint density at radius 2 is 2.21 bits per heavy atom. The second-order valence-electron chi connectivity index (χ2n) is 5.48. The summed E-state index contributed by atoms with van der Waals surface area (Å²) in [5, 5.41) is 10.5. The summed E-state index contributed by atoms with van der Waals surface area (Å²) in [6.45, 7) is 2.37. The maximum Gasteiger partial charge on any atom is 0.256 e. The van der Waals surface area contributed by atoms with Gasteiger partial charge in [0.2, 0.25) is 5.95 Å². The van der Waals surface area contributed by atoms with Crippen molar-refractivity contribution >= 4 is 23.8 Å². The molecule has 1 aromatic heterocycles. The summed E-state index contributed by atoms with van der Waals surface area (Å²) in [6.07, 6.45) is 4.66. The Kier molecular flexibility index (Phi) is 6.49. The molecule has 1 aromatic carbocycles. The lowest BCUT2D eigenvalue weighted by Crippen LogP contribution is -2.20. The lowest BCUT2D eigenvalue weighted by atomic mass is 10.1. The zero-order valence-corrected chi connectivity index (χ0v) is 14.2. The number of H-pyrrole nitrogens is 1. The minimum atomic E-state index is -0.496. The van der Waals surface area contributed by atoms with Gasteiger partial charge in [-0.15, -0.1) is 0 Å². The van der Waals surface area contributed by atoms with E-state index < -0.39 is 5.82 Å². The van der Waals surface area contributed by atoms with Gasteiger partial charge in [0.05, 0.1) is 10.7 Å². The summed E-state index contributed by atoms with van der Waals surface area (Å²) in [5.74, 6) is -0.239. The van der Waals surface area contributed by atoms with Crippen LogP contribution in [0.1, 0.15) is 43.0 Å². The van der Waals surface area contributed by atoms with Crippen molar-refractivity contribution in [1.82, 2.24) is 9.97 Å². The molecule has 7 heteroatoms. The fraction of sp³-hybridized carbons (Fsp3) is 0.353. The zero-order chi connectivity index (χ0) is 17.5. The first-order chi connectivity index (χ1) is 11.5. The molecule has 0 bridgehead atoms. The second kappa shape index (κ2) is 8.59. The number of hydrogen-bond acceptors (Lipinski definition) is 4. The van der Waals surface area contributed by atoms with Crippen molar-refractivity contribution in [1.29, 1.82) is 5.41 Å². The standard InChI is InChI=1S/C17H20ClFN4O/c1-2-3-4-5-12-15(9-20)22-17(23-16(12)24)21-10-11-6-7-13(18)14(19)8-11/h6-9,20H,2-5,10H2,1H3,(H2,21,22,23,24). The van der Waals surface area contributed by atoms with Gasteiger partial charge in [-0.25, -0.2) is 9.37 Å². The fourth-order valence-electron chi connectivity index (χ4n) is 2.35. The normalized spacial score (nSPS) is 10.6. The van der Waals surface area contributed by atoms with Gasteiger partial charge in [-0.2, -0.15) is 0 Å². The molecule has 0 atom stereocenters. The fourth-order valence-corrected chi connectivity index (χ4v) is 2.46. The maximum atomic E-state index is 13.4. The van der Waals surface area contributed by atoms with Gasteiger partial charge in [0.15, 0.2) is 0 Å². The molecule has 0 saturated carbocycles. The van der Waals surface area contributed by atoms with Crippen LogP contribution in [0.3, 0.4) is 0 Å². The van der Waals surface area contributed by atoms with Gasteiger partial charge in [-0.05, 0) is 30.5 Å². The van der Waals surface area contributed by atoms with Crippen LogP contribution in [0, 0.1) is 11.2 Å². The number of hydrogen-bond donors (Lipinski definition) is 3. The highest BCUT2D eigenvalue weighted by Gasteiger charge is 2.10. The summed E-state index contributed by atoms with van der Waals surface area (Å²) < 4.78 is 13.4. The molecule has 0 spiro atoms. The molecule has 0 fully saturated rings. The van der Waals surface area contributed by atoms with Crippen LogP contribution < -0.4 is 10.9 Å². The summed E-state index contributed by atoms with van der Waals surface area (Å²) in [7, 11) is 0. The Labute approximate surface area is 144 Å². The lowest BCUT2D eigenvalue weighted by molar-refractivity contribution is 0.626. The largest absolute Gasteiger partial charge is 0.352 e. The van der Waals surface area contributed by atoms with Crippen LogP contribution in [0.4, 0.5) is 10.3 Å². The first kappa shape index (κ1) is 18.1. The van der Waals surface area contributed by atoms with E-state index >= 15 is 0 Å². The van der Waals surface area contributed by atoms with Crippen molar-refractivity contribution in [2.24, 2.45) is 0 Å². The first-order valence-corrected chi connectivity index (χ1v) is 8.24. The number of halogens is 2. The van der Waals surface area contributed by atoms with Crippen molar-refractivity contribution in [3.63, 3.8) is 0 Å². The van der Waals surface area contributed by atoms with E-state index in [4.69, 9.17) is 17.0 Å². The number of rotatable bonds is 8. The zero-order valence-electron chi connectivity index (χ0n) is 13.5. The molecule has 0 radical (unpaired) electrons. The van der Waals surface area contributed by atoms with E-state index in [0.29, 0.717) is 23.2 Å². The van der Waals surface area contributed by atoms with Gasteiger partial charge in [-0.1, -0.05) is 37.4 Å². The van der Waals surface area contributed by atoms with E-state index in [1.54, 1.807) is 6.07 Å². The van der Waals surface area contributed by atoms with Crippen LogP contribution in [0.2, 0.25) is 5.02 Å². The molecule has 0 amide bonds. The van der Waals surface area contributed by atoms with Gasteiger partial charge in [0.25, 0.3) is 5.56 Å². The SMILES string of the molecule is CCCCCc1c(C=N)nc(NCc2ccc(Cl)c(F)c2)[nH]c1=O. The predicted octanol–water partition coefficient (Wildman–Crippen LogP) is 3.90. The average Bonchev–Trinajstić information content (AvgIpc) is 2.57. The number of aromatic nitrogens is 2. The van der Waals surface area contributed by atoms with Gasteiger partial charge in [0, 0.05) is 18.3 Å². The highest BCUT2D eigenvalue weighted by atomic mass is 35.5. The van der Waals surface area contributed by atoms with Gasteiger partial charge in [-0.3, -0.25) is 9.78 Å². The number of nitrogens with one attached hydrogen (secondary N) is 3. The summed E-state index contributed by atoms with van der Waals surface area (Å²) >= 11 is 5.65. The molecule has 0 saturated heterocycles. The predicted molar refractivity (Wildman–Crippen MR) is 94.7 cm³/mol. The van der Waals surface area contributed by atoms with E-state index in [0.717, 1.165) is 25.5 Å². The molecule has 24 heavy (non-hydrogen) atoms. The van der Waals surface area contributed by atoms with E-state index in [1.165, 1.54) is 12.1 Å². The van der Waals surface area contributed by atoms with E-state index in [9.17, 15) is 9.18 Å². The molecule has 1 heterocycles. The third kappa shape index (κ3) is 4.64. The molecule has 0 aliphatic heterocycles. The Morgan fingerprint density at radius 1 is 1.42 bits per heavy atom. The van der Waals surface area contributed by atoms with Crippen LogP contribution in [-0.2, 0) is 13.0 Å². The molecule has 2 rings (SSSR count). The quantitative estimate of drug-likeness (QED) is 0.498. The highest BCUT2D eigenvalue weighted by molar-refractivity contribution is 6.30. The Balaban J connectivity index is 2.13. The van der Waals surface area contributed by atoms with Crippen LogP contribution in [0.25, 0.3) is 0 Å². The van der Waals surface area contributed by atoms with Crippen molar-refractivity contribution in [3.8, 4) is 0 Å². The molecule has 0 unspecified atom stereocenters. The van der Waals surface area contributed by atoms with Crippen molar-refractivity contribution in [3.05, 3.63) is 56.2 Å². The van der Waals surface area contributed by atoms with E-state index in [-0.39, 0.29) is 23.1 Å². The molecular formula is C17H20ClFN4O. The molecule has 0 aliphatic rings. The van der Waals surface area contributed by atoms with Gasteiger partial charge in [0.1, 0.15) is 5.82 Å². The molecule has 2 aromatic rings. The third-order valence-electron chi connectivity index (χ3n) is 3.66. The summed E-state index contributed by atoms with van der Waals surface area (Å²) in [5.41, 5.74) is 1.31. The van der Waals surface area contributed by atoms with Gasteiger partial charge < -0.3 is 10.7 Å². The van der Waals surface area contributed by atoms with Crippen LogP contribution >= 0.6 is 11.6 Å². The average molecular weight is 351 g/mol. The maximum absolute atomic E-state index is 13.4. The number of nitrogens with zero attached hydrogens (tertiary/aromatic N) is 1.